The summed E-state index contributed by atoms with van der Waals surface area (Å²) in [7, 11) is 0. The summed E-state index contributed by atoms with van der Waals surface area (Å²) in [6.45, 7) is 0. The normalized spacial score (nSPS) is 27.3. The highest BCUT2D eigenvalue weighted by Crippen LogP contribution is 2.31. The van der Waals surface area contributed by atoms with E-state index in [0.29, 0.717) is 6.08 Å². The fourth-order valence-electron chi connectivity index (χ4n) is 0.989. The molecule has 1 aliphatic rings. The first-order valence-electron chi connectivity index (χ1n) is 3.66. The van der Waals surface area contributed by atoms with E-state index in [1.54, 1.807) is 0 Å². The molecule has 14 heavy (non-hydrogen) atoms. The molecule has 0 bridgehead atoms. The Kier molecular flexibility index (Phi) is 2.36. The van der Waals surface area contributed by atoms with E-state index < -0.39 is 28.8 Å². The van der Waals surface area contributed by atoms with Crippen LogP contribution in [0.15, 0.2) is 23.8 Å². The molecular formula is C7H7F3N2O2. The molecule has 0 aromatic carbocycles. The molecular weight excluding hydrogens is 201 g/mol. The zero-order chi connectivity index (χ0) is 11.0. The molecule has 1 atom stereocenters. The minimum atomic E-state index is -4.48. The Morgan fingerprint density at radius 1 is 1.57 bits per heavy atom. The van der Waals surface area contributed by atoms with Gasteiger partial charge in [-0.1, -0.05) is 6.08 Å². The number of halogens is 3. The minimum absolute atomic E-state index is 0.453. The van der Waals surface area contributed by atoms with E-state index in [4.69, 9.17) is 5.73 Å². The first-order valence-corrected chi connectivity index (χ1v) is 3.66. The number of rotatable bonds is 1. The van der Waals surface area contributed by atoms with Gasteiger partial charge in [0.05, 0.1) is 12.0 Å². The van der Waals surface area contributed by atoms with Crippen molar-refractivity contribution in [2.24, 2.45) is 5.73 Å². The van der Waals surface area contributed by atoms with Crippen LogP contribution in [0.3, 0.4) is 0 Å². The van der Waals surface area contributed by atoms with Crippen LogP contribution in [-0.2, 0) is 0 Å². The highest BCUT2D eigenvalue weighted by Gasteiger charge is 2.40. The number of hydrogen-bond acceptors (Lipinski definition) is 3. The molecule has 0 aromatic heterocycles. The molecule has 0 amide bonds. The molecule has 1 aliphatic carbocycles. The topological polar surface area (TPSA) is 69.2 Å². The first kappa shape index (κ1) is 10.7. The maximum atomic E-state index is 12.1. The van der Waals surface area contributed by atoms with Crippen LogP contribution in [0.1, 0.15) is 6.42 Å². The summed E-state index contributed by atoms with van der Waals surface area (Å²) in [6.07, 6.45) is -2.81. The summed E-state index contributed by atoms with van der Waals surface area (Å²) in [5, 5.41) is 10.4. The molecule has 1 rings (SSSR count). The van der Waals surface area contributed by atoms with Crippen LogP contribution >= 0.6 is 0 Å². The zero-order valence-electron chi connectivity index (χ0n) is 6.91. The molecule has 0 saturated heterocycles. The molecule has 0 aromatic rings. The monoisotopic (exact) mass is 208 g/mol. The molecule has 2 N–H and O–H groups in total. The standard InChI is InChI=1S/C7H7F3N2O2/c8-7(9,10)5-1-3-6(11,4-2-5)12(13)14/h1-3H,4,11H2. The van der Waals surface area contributed by atoms with Gasteiger partial charge in [-0.3, -0.25) is 15.8 Å². The highest BCUT2D eigenvalue weighted by molar-refractivity contribution is 5.30. The van der Waals surface area contributed by atoms with Crippen LogP contribution < -0.4 is 5.73 Å². The van der Waals surface area contributed by atoms with Gasteiger partial charge in [0.15, 0.2) is 0 Å². The molecule has 78 valence electrons. The van der Waals surface area contributed by atoms with Crippen LogP contribution in [-0.4, -0.2) is 16.8 Å². The molecule has 0 spiro atoms. The first-order chi connectivity index (χ1) is 6.26. The number of allylic oxidation sites excluding steroid dienone is 2. The van der Waals surface area contributed by atoms with Crippen molar-refractivity contribution in [3.05, 3.63) is 33.9 Å². The average molecular weight is 208 g/mol. The van der Waals surface area contributed by atoms with Gasteiger partial charge in [0, 0.05) is 11.0 Å². The summed E-state index contributed by atoms with van der Waals surface area (Å²) in [4.78, 5) is 9.54. The Labute approximate surface area is 77.0 Å². The van der Waals surface area contributed by atoms with Gasteiger partial charge in [0.2, 0.25) is 0 Å². The number of nitrogens with two attached hydrogens (primary N) is 1. The van der Waals surface area contributed by atoms with Crippen molar-refractivity contribution in [1.82, 2.24) is 0 Å². The van der Waals surface area contributed by atoms with Crippen LogP contribution in [0, 0.1) is 10.1 Å². The van der Waals surface area contributed by atoms with Crippen molar-refractivity contribution in [3.8, 4) is 0 Å². The Morgan fingerprint density at radius 2 is 2.14 bits per heavy atom. The van der Waals surface area contributed by atoms with Crippen LogP contribution in [0.5, 0.6) is 0 Å². The third-order valence-corrected chi connectivity index (χ3v) is 1.87. The van der Waals surface area contributed by atoms with E-state index in [-0.39, 0.29) is 0 Å². The van der Waals surface area contributed by atoms with Crippen LogP contribution in [0.25, 0.3) is 0 Å². The molecule has 0 heterocycles. The Balaban J connectivity index is 2.86. The Hall–Kier alpha value is -1.37. The highest BCUT2D eigenvalue weighted by atomic mass is 19.4. The van der Waals surface area contributed by atoms with Crippen molar-refractivity contribution < 1.29 is 18.1 Å². The molecule has 0 aliphatic heterocycles. The van der Waals surface area contributed by atoms with Crippen molar-refractivity contribution in [1.29, 1.82) is 0 Å². The van der Waals surface area contributed by atoms with Crippen molar-refractivity contribution >= 4 is 0 Å². The third-order valence-electron chi connectivity index (χ3n) is 1.87. The van der Waals surface area contributed by atoms with Gasteiger partial charge in [-0.25, -0.2) is 0 Å². The molecule has 7 heteroatoms. The molecule has 0 saturated carbocycles. The minimum Gasteiger partial charge on any atom is -0.262 e. The smallest absolute Gasteiger partial charge is 0.262 e. The molecule has 4 nitrogen and oxygen atoms in total. The maximum Gasteiger partial charge on any atom is 0.416 e. The summed E-state index contributed by atoms with van der Waals surface area (Å²) in [5.41, 5.74) is 2.40. The summed E-state index contributed by atoms with van der Waals surface area (Å²) >= 11 is 0. The van der Waals surface area contributed by atoms with E-state index in [1.807, 2.05) is 0 Å². The average Bonchev–Trinajstić information content (AvgIpc) is 2.03. The van der Waals surface area contributed by atoms with Gasteiger partial charge in [0.25, 0.3) is 5.66 Å². The molecule has 0 radical (unpaired) electrons. The van der Waals surface area contributed by atoms with Gasteiger partial charge in [-0.15, -0.1) is 0 Å². The summed E-state index contributed by atoms with van der Waals surface area (Å²) < 4.78 is 36.2. The predicted octanol–water partition coefficient (Wildman–Crippen LogP) is 1.37. The number of nitrogens with zero attached hydrogens (tertiary/aromatic N) is 1. The number of alkyl halides is 3. The SMILES string of the molecule is NC1([N+](=O)[O-])C=CC(C(F)(F)F)=CC1. The lowest BCUT2D eigenvalue weighted by Crippen LogP contribution is -2.46. The predicted molar refractivity (Wildman–Crippen MR) is 41.8 cm³/mol. The van der Waals surface area contributed by atoms with E-state index >= 15 is 0 Å². The van der Waals surface area contributed by atoms with Gasteiger partial charge in [0.1, 0.15) is 0 Å². The van der Waals surface area contributed by atoms with Crippen LogP contribution in [0.4, 0.5) is 13.2 Å². The van der Waals surface area contributed by atoms with Gasteiger partial charge >= 0.3 is 6.18 Å². The second-order valence-corrected chi connectivity index (χ2v) is 2.94. The van der Waals surface area contributed by atoms with Gasteiger partial charge in [-0.05, 0) is 6.08 Å². The molecule has 0 fully saturated rings. The van der Waals surface area contributed by atoms with Crippen molar-refractivity contribution in [2.45, 2.75) is 18.3 Å². The lowest BCUT2D eigenvalue weighted by Gasteiger charge is -2.19. The lowest BCUT2D eigenvalue weighted by molar-refractivity contribution is -0.553. The van der Waals surface area contributed by atoms with Crippen molar-refractivity contribution in [3.63, 3.8) is 0 Å². The fourth-order valence-corrected chi connectivity index (χ4v) is 0.989. The largest absolute Gasteiger partial charge is 0.416 e. The van der Waals surface area contributed by atoms with E-state index in [9.17, 15) is 23.3 Å². The third kappa shape index (κ3) is 1.92. The number of hydrogen-bond donors (Lipinski definition) is 1. The quantitative estimate of drug-likeness (QED) is 0.402. The maximum absolute atomic E-state index is 12.1. The summed E-state index contributed by atoms with van der Waals surface area (Å²) in [6, 6.07) is 0. The Morgan fingerprint density at radius 3 is 2.43 bits per heavy atom. The number of nitro groups is 1. The second-order valence-electron chi connectivity index (χ2n) is 2.94. The summed E-state index contributed by atoms with van der Waals surface area (Å²) in [5.74, 6) is 0. The van der Waals surface area contributed by atoms with Crippen molar-refractivity contribution in [2.75, 3.05) is 0 Å². The molecule has 1 unspecified atom stereocenters. The van der Waals surface area contributed by atoms with Gasteiger partial charge < -0.3 is 0 Å². The van der Waals surface area contributed by atoms with E-state index in [1.165, 1.54) is 0 Å². The van der Waals surface area contributed by atoms with E-state index in [0.717, 1.165) is 12.2 Å². The Bertz CT molecular complexity index is 321. The zero-order valence-corrected chi connectivity index (χ0v) is 6.91. The van der Waals surface area contributed by atoms with E-state index in [2.05, 4.69) is 0 Å². The lowest BCUT2D eigenvalue weighted by atomic mass is 9.98. The second kappa shape index (κ2) is 3.09. The fraction of sp³-hybridized carbons (Fsp3) is 0.429. The van der Waals surface area contributed by atoms with Gasteiger partial charge in [-0.2, -0.15) is 13.2 Å². The van der Waals surface area contributed by atoms with Crippen LogP contribution in [0.2, 0.25) is 0 Å².